The highest BCUT2D eigenvalue weighted by molar-refractivity contribution is 6.18. The van der Waals surface area contributed by atoms with Crippen molar-refractivity contribution in [3.05, 3.63) is 241 Å². The predicted octanol–water partition coefficient (Wildman–Crippen LogP) is 14.9. The summed E-state index contributed by atoms with van der Waals surface area (Å²) in [4.78, 5) is 5.28. The summed E-state index contributed by atoms with van der Waals surface area (Å²) in [5, 5.41) is 14.7. The van der Waals surface area contributed by atoms with Crippen LogP contribution in [0.1, 0.15) is 29.0 Å². The lowest BCUT2D eigenvalue weighted by Crippen LogP contribution is -2.45. The molecule has 4 nitrogen and oxygen atoms in total. The number of rotatable bonds is 7. The molecule has 0 radical (unpaired) electrons. The first-order chi connectivity index (χ1) is 31.2. The van der Waals surface area contributed by atoms with Crippen LogP contribution in [-0.4, -0.2) is 5.84 Å². The van der Waals surface area contributed by atoms with Crippen molar-refractivity contribution in [3.63, 3.8) is 0 Å². The molecule has 0 bridgehead atoms. The normalized spacial score (nSPS) is 15.1. The average molecular weight is 808 g/mol. The summed E-state index contributed by atoms with van der Waals surface area (Å²) in [6.07, 6.45) is -0.471. The molecule has 12 rings (SSSR count). The number of fused-ring (bicyclic) bond motifs is 5. The second-order valence-corrected chi connectivity index (χ2v) is 16.3. The maximum absolute atomic E-state index is 6.80. The van der Waals surface area contributed by atoms with E-state index in [0.717, 1.165) is 66.7 Å². The van der Waals surface area contributed by atoms with Crippen LogP contribution < -0.4 is 10.6 Å². The van der Waals surface area contributed by atoms with Crippen LogP contribution in [-0.2, 0) is 0 Å². The van der Waals surface area contributed by atoms with E-state index in [1.54, 1.807) is 0 Å². The number of benzene rings is 10. The van der Waals surface area contributed by atoms with E-state index in [9.17, 15) is 0 Å². The maximum atomic E-state index is 6.80. The Kier molecular flexibility index (Phi) is 9.02. The first-order valence-corrected chi connectivity index (χ1v) is 21.6. The third-order valence-electron chi connectivity index (χ3n) is 12.6. The predicted molar refractivity (Wildman–Crippen MR) is 262 cm³/mol. The summed E-state index contributed by atoms with van der Waals surface area (Å²) in [7, 11) is 0. The molecule has 2 heterocycles. The molecule has 0 spiro atoms. The summed E-state index contributed by atoms with van der Waals surface area (Å²) >= 11 is 0. The van der Waals surface area contributed by atoms with Gasteiger partial charge in [0.25, 0.3) is 0 Å². The summed E-state index contributed by atoms with van der Waals surface area (Å²) in [5.74, 6) is 0.852. The minimum atomic E-state index is -0.250. The molecule has 63 heavy (non-hydrogen) atoms. The van der Waals surface area contributed by atoms with Crippen LogP contribution in [0.5, 0.6) is 0 Å². The fourth-order valence-corrected chi connectivity index (χ4v) is 9.47. The van der Waals surface area contributed by atoms with Crippen molar-refractivity contribution >= 4 is 49.3 Å². The fraction of sp³-hybridized carbons (Fsp3) is 0.0339. The van der Waals surface area contributed by atoms with E-state index in [1.165, 1.54) is 43.8 Å². The van der Waals surface area contributed by atoms with Crippen LogP contribution in [0.3, 0.4) is 0 Å². The number of aliphatic imine (C=N–C) groups is 1. The van der Waals surface area contributed by atoms with Gasteiger partial charge < -0.3 is 9.73 Å². The monoisotopic (exact) mass is 807 g/mol. The highest BCUT2D eigenvalue weighted by Gasteiger charge is 2.27. The quantitative estimate of drug-likeness (QED) is 0.169. The van der Waals surface area contributed by atoms with Gasteiger partial charge in [-0.3, -0.25) is 5.32 Å². The molecule has 0 fully saturated rings. The van der Waals surface area contributed by atoms with Crippen LogP contribution in [0.4, 0.5) is 0 Å². The van der Waals surface area contributed by atoms with Gasteiger partial charge in [-0.05, 0) is 89.8 Å². The Morgan fingerprint density at radius 1 is 0.397 bits per heavy atom. The smallest absolute Gasteiger partial charge is 0.143 e. The van der Waals surface area contributed by atoms with E-state index in [4.69, 9.17) is 9.41 Å². The minimum absolute atomic E-state index is 0.221. The van der Waals surface area contributed by atoms with Crippen LogP contribution in [0.2, 0.25) is 0 Å². The van der Waals surface area contributed by atoms with E-state index in [1.807, 2.05) is 0 Å². The fourth-order valence-electron chi connectivity index (χ4n) is 9.47. The molecule has 2 atom stereocenters. The molecule has 4 heteroatoms. The molecule has 0 amide bonds. The molecule has 1 aromatic heterocycles. The Hall–Kier alpha value is -8.05. The zero-order valence-corrected chi connectivity index (χ0v) is 34.4. The molecule has 2 unspecified atom stereocenters. The molecule has 1 aliphatic rings. The van der Waals surface area contributed by atoms with Crippen LogP contribution >= 0.6 is 0 Å². The highest BCUT2D eigenvalue weighted by atomic mass is 16.3. The summed E-state index contributed by atoms with van der Waals surface area (Å²) in [5.41, 5.74) is 14.3. The lowest BCUT2D eigenvalue weighted by molar-refractivity contribution is 0.411. The SMILES string of the molecule is c1ccc(-c2cccc(-c3cccc4c3oc3cccc(-c5ccc(C6NC(c7ccc(-c8ccc9ccccc9c8)cc7)=NC(c7ccccc7)N6)c6ccccc56)c34)c2)cc1. The number of amidine groups is 1. The molecule has 298 valence electrons. The van der Waals surface area contributed by atoms with Crippen molar-refractivity contribution in [1.82, 2.24) is 10.6 Å². The molecule has 10 aromatic carbocycles. The van der Waals surface area contributed by atoms with Crippen molar-refractivity contribution in [2.45, 2.75) is 12.3 Å². The van der Waals surface area contributed by atoms with Crippen molar-refractivity contribution in [2.24, 2.45) is 4.99 Å². The summed E-state index contributed by atoms with van der Waals surface area (Å²) in [6.45, 7) is 0. The van der Waals surface area contributed by atoms with Crippen LogP contribution in [0.25, 0.3) is 88.0 Å². The zero-order chi connectivity index (χ0) is 41.7. The van der Waals surface area contributed by atoms with Gasteiger partial charge in [-0.15, -0.1) is 0 Å². The Morgan fingerprint density at radius 3 is 1.87 bits per heavy atom. The van der Waals surface area contributed by atoms with E-state index in [-0.39, 0.29) is 12.3 Å². The van der Waals surface area contributed by atoms with Gasteiger partial charge in [0.1, 0.15) is 29.3 Å². The van der Waals surface area contributed by atoms with Gasteiger partial charge in [0.05, 0.1) is 0 Å². The molecule has 2 N–H and O–H groups in total. The Labute approximate surface area is 365 Å². The minimum Gasteiger partial charge on any atom is -0.455 e. The summed E-state index contributed by atoms with van der Waals surface area (Å²) in [6, 6.07) is 80.0. The van der Waals surface area contributed by atoms with Gasteiger partial charge in [-0.25, -0.2) is 4.99 Å². The second kappa shape index (κ2) is 15.4. The first-order valence-electron chi connectivity index (χ1n) is 21.6. The third kappa shape index (κ3) is 6.65. The molecule has 11 aromatic rings. The molecule has 1 aliphatic heterocycles. The van der Waals surface area contributed by atoms with Crippen molar-refractivity contribution in [1.29, 1.82) is 0 Å². The maximum Gasteiger partial charge on any atom is 0.143 e. The largest absolute Gasteiger partial charge is 0.455 e. The van der Waals surface area contributed by atoms with Gasteiger partial charge in [0.15, 0.2) is 0 Å². The number of para-hydroxylation sites is 1. The number of hydrogen-bond donors (Lipinski definition) is 2. The molecular weight excluding hydrogens is 767 g/mol. The highest BCUT2D eigenvalue weighted by Crippen LogP contribution is 2.43. The van der Waals surface area contributed by atoms with Crippen molar-refractivity contribution < 1.29 is 4.42 Å². The number of furan rings is 1. The Balaban J connectivity index is 0.930. The van der Waals surface area contributed by atoms with Gasteiger partial charge in [-0.1, -0.05) is 206 Å². The number of hydrogen-bond acceptors (Lipinski definition) is 4. The van der Waals surface area contributed by atoms with E-state index in [2.05, 4.69) is 235 Å². The van der Waals surface area contributed by atoms with Gasteiger partial charge in [0, 0.05) is 21.9 Å². The lowest BCUT2D eigenvalue weighted by Gasteiger charge is -2.33. The lowest BCUT2D eigenvalue weighted by atomic mass is 9.91. The summed E-state index contributed by atoms with van der Waals surface area (Å²) < 4.78 is 6.80. The van der Waals surface area contributed by atoms with Crippen molar-refractivity contribution in [3.8, 4) is 44.5 Å². The third-order valence-corrected chi connectivity index (χ3v) is 12.6. The molecule has 0 aliphatic carbocycles. The van der Waals surface area contributed by atoms with E-state index >= 15 is 0 Å². The van der Waals surface area contributed by atoms with Crippen LogP contribution in [0.15, 0.2) is 234 Å². The Bertz CT molecular complexity index is 3520. The standard InChI is InChI=1S/C59H41N3O/c1-3-14-38(15-4-1)44-20-11-21-46(37-44)47-24-12-26-53-55-51(25-13-27-54(55)63-56(47)53)50-34-35-52(49-23-10-9-22-48(49)50)59-61-57(41-17-5-2-6-18-41)60-58(62-59)42-31-28-40(29-32-42)45-33-30-39-16-7-8-19-43(39)36-45/h1-37,57,59,61H,(H,60,62). The number of nitrogens with zero attached hydrogens (tertiary/aromatic N) is 1. The van der Waals surface area contributed by atoms with Crippen molar-refractivity contribution in [2.75, 3.05) is 0 Å². The average Bonchev–Trinajstić information content (AvgIpc) is 3.76. The van der Waals surface area contributed by atoms with Gasteiger partial charge in [-0.2, -0.15) is 0 Å². The van der Waals surface area contributed by atoms with Crippen LogP contribution in [0, 0.1) is 0 Å². The zero-order valence-electron chi connectivity index (χ0n) is 34.4. The molecular formula is C59H41N3O. The Morgan fingerprint density at radius 2 is 1.02 bits per heavy atom. The van der Waals surface area contributed by atoms with E-state index in [0.29, 0.717) is 0 Å². The van der Waals surface area contributed by atoms with E-state index < -0.39 is 0 Å². The first kappa shape index (κ1) is 36.8. The number of nitrogens with one attached hydrogen (secondary N) is 2. The topological polar surface area (TPSA) is 49.6 Å². The molecule has 0 saturated carbocycles. The second-order valence-electron chi connectivity index (χ2n) is 16.3. The molecule has 0 saturated heterocycles. The van der Waals surface area contributed by atoms with Gasteiger partial charge >= 0.3 is 0 Å². The van der Waals surface area contributed by atoms with Gasteiger partial charge in [0.2, 0.25) is 0 Å².